The first-order valence-corrected chi connectivity index (χ1v) is 34.3. The zero-order valence-corrected chi connectivity index (χ0v) is 57.0. The molecule has 0 aliphatic carbocycles. The number of phenolic OH excluding ortho intramolecular Hbond substituents is 2. The summed E-state index contributed by atoms with van der Waals surface area (Å²) in [5, 5.41) is 19.6. The molecule has 2 unspecified atom stereocenters. The Bertz CT molecular complexity index is 3380. The highest BCUT2D eigenvalue weighted by molar-refractivity contribution is 5.73. The van der Waals surface area contributed by atoms with Crippen LogP contribution in [0.3, 0.4) is 0 Å². The summed E-state index contributed by atoms with van der Waals surface area (Å²) >= 11 is 0. The number of rotatable bonds is 37. The molecule has 8 rings (SSSR count). The molecular weight excluding hydrogens is 1330 g/mol. The van der Waals surface area contributed by atoms with Crippen LogP contribution in [0.15, 0.2) is 171 Å². The van der Waals surface area contributed by atoms with Gasteiger partial charge in [-0.05, 0) is 130 Å². The number of ether oxygens (including phenoxy) is 6. The first-order valence-electron chi connectivity index (χ1n) is 34.3. The number of halogens is 10. The van der Waals surface area contributed by atoms with Gasteiger partial charge in [0, 0.05) is 38.1 Å². The summed E-state index contributed by atoms with van der Waals surface area (Å²) in [4.78, 5) is 28.5. The van der Waals surface area contributed by atoms with Gasteiger partial charge in [-0.3, -0.25) is 9.59 Å². The monoisotopic (exact) mass is 1420 g/mol. The molecule has 2 aliphatic heterocycles. The van der Waals surface area contributed by atoms with Crippen molar-refractivity contribution in [2.75, 3.05) is 49.3 Å². The number of allylic oxidation sites excluding steroid dienone is 1. The predicted molar refractivity (Wildman–Crippen MR) is 374 cm³/mol. The molecule has 554 valence electrons. The zero-order chi connectivity index (χ0) is 72.6. The third kappa shape index (κ3) is 27.1. The van der Waals surface area contributed by atoms with Crippen LogP contribution in [-0.2, 0) is 32.3 Å². The smallest absolute Gasteiger partial charge is 0.453 e. The van der Waals surface area contributed by atoms with Crippen LogP contribution in [0.2, 0.25) is 0 Å². The van der Waals surface area contributed by atoms with Crippen molar-refractivity contribution in [3.63, 3.8) is 0 Å². The third-order valence-corrected chi connectivity index (χ3v) is 17.2. The SMILES string of the molecule is C.C=CCC(CCCCCC(F)(F)C(F)(F)F)C(=O)OCC.C=CCN1c2ccc(OCc3ccccc3)cc2OC[C@H]1c1ccc(OCc2ccccc2)cc1.CCOC(=O)C(CCCCCCCCN1c2ccc(O)cc2OC[C@H]1c1ccc(O)cc1)CCCCCC(F)(F)C(F)(F)F. The van der Waals surface area contributed by atoms with Crippen LogP contribution in [0, 0.1) is 11.8 Å². The minimum atomic E-state index is -5.53. The Balaban J connectivity index is 0.000000288. The van der Waals surface area contributed by atoms with Gasteiger partial charge in [-0.2, -0.15) is 43.9 Å². The maximum absolute atomic E-state index is 13.1. The Morgan fingerprint density at radius 1 is 0.505 bits per heavy atom. The minimum Gasteiger partial charge on any atom is -0.508 e. The molecule has 0 fully saturated rings. The highest BCUT2D eigenvalue weighted by Gasteiger charge is 2.57. The van der Waals surface area contributed by atoms with Crippen LogP contribution in [-0.4, -0.2) is 85.9 Å². The number of hydrogen-bond acceptors (Lipinski definition) is 12. The summed E-state index contributed by atoms with van der Waals surface area (Å²) in [7, 11) is 0. The minimum absolute atomic E-state index is 0. The number of hydrogen-bond donors (Lipinski definition) is 2. The van der Waals surface area contributed by atoms with E-state index in [0.29, 0.717) is 70.7 Å². The Morgan fingerprint density at radius 3 is 1.43 bits per heavy atom. The summed E-state index contributed by atoms with van der Waals surface area (Å²) in [5.41, 5.74) is 6.43. The molecule has 0 saturated carbocycles. The Kier molecular flexibility index (Phi) is 34.6. The van der Waals surface area contributed by atoms with Crippen LogP contribution < -0.4 is 28.7 Å². The van der Waals surface area contributed by atoms with Crippen molar-refractivity contribution < 1.29 is 92.1 Å². The fraction of sp³-hybridized carbons (Fsp3) is 0.468. The number of unbranched alkanes of at least 4 members (excludes halogenated alkanes) is 9. The van der Waals surface area contributed by atoms with Gasteiger partial charge < -0.3 is 48.4 Å². The number of benzene rings is 6. The lowest BCUT2D eigenvalue weighted by Gasteiger charge is -2.39. The number of anilines is 2. The van der Waals surface area contributed by atoms with Gasteiger partial charge in [0.25, 0.3) is 0 Å². The van der Waals surface area contributed by atoms with Crippen LogP contribution in [0.25, 0.3) is 0 Å². The molecule has 0 aromatic heterocycles. The van der Waals surface area contributed by atoms with E-state index in [2.05, 4.69) is 65.4 Å². The van der Waals surface area contributed by atoms with Gasteiger partial charge in [0.1, 0.15) is 60.9 Å². The van der Waals surface area contributed by atoms with E-state index in [1.54, 1.807) is 44.2 Å². The maximum atomic E-state index is 13.1. The predicted octanol–water partition coefficient (Wildman–Crippen LogP) is 21.6. The first kappa shape index (κ1) is 83.1. The van der Waals surface area contributed by atoms with Crippen molar-refractivity contribution in [2.24, 2.45) is 11.8 Å². The van der Waals surface area contributed by atoms with Crippen LogP contribution >= 0.6 is 0 Å². The van der Waals surface area contributed by atoms with Crippen molar-refractivity contribution in [1.82, 2.24) is 0 Å². The van der Waals surface area contributed by atoms with Gasteiger partial charge in [-0.25, -0.2) is 0 Å². The Hall–Kier alpha value is -8.56. The Labute approximate surface area is 588 Å². The van der Waals surface area contributed by atoms with Crippen molar-refractivity contribution >= 4 is 23.3 Å². The summed E-state index contributed by atoms with van der Waals surface area (Å²) < 4.78 is 158. The molecule has 12 nitrogen and oxygen atoms in total. The van der Waals surface area contributed by atoms with Crippen molar-refractivity contribution in [3.05, 3.63) is 193 Å². The van der Waals surface area contributed by atoms with Crippen LogP contribution in [0.4, 0.5) is 55.3 Å². The highest BCUT2D eigenvalue weighted by Crippen LogP contribution is 2.45. The summed E-state index contributed by atoms with van der Waals surface area (Å²) in [6.07, 6.45) is -1.84. The van der Waals surface area contributed by atoms with E-state index >= 15 is 0 Å². The van der Waals surface area contributed by atoms with Crippen LogP contribution in [0.1, 0.15) is 171 Å². The van der Waals surface area contributed by atoms with Crippen LogP contribution in [0.5, 0.6) is 34.5 Å². The average Bonchev–Trinajstić information content (AvgIpc) is 0.789. The lowest BCUT2D eigenvalue weighted by molar-refractivity contribution is -0.284. The van der Waals surface area contributed by atoms with Gasteiger partial charge in [0.15, 0.2) is 0 Å². The number of aromatic hydroxyl groups is 2. The van der Waals surface area contributed by atoms with E-state index in [1.165, 1.54) is 5.56 Å². The summed E-state index contributed by atoms with van der Waals surface area (Å²) in [6.45, 7) is 14.9. The molecule has 0 bridgehead atoms. The quantitative estimate of drug-likeness (QED) is 0.0166. The topological polar surface area (TPSA) is 136 Å². The normalized spacial score (nSPS) is 14.8. The first-order chi connectivity index (χ1) is 47.9. The second-order valence-corrected chi connectivity index (χ2v) is 24.7. The van der Waals surface area contributed by atoms with Gasteiger partial charge in [-0.1, -0.05) is 162 Å². The molecule has 0 amide bonds. The highest BCUT2D eigenvalue weighted by atomic mass is 19.4. The molecular formula is C79H98F10N2O10. The van der Waals surface area contributed by atoms with E-state index in [1.807, 2.05) is 84.9 Å². The molecule has 0 saturated heterocycles. The number of phenols is 2. The number of carbonyl (C=O) groups is 2. The molecule has 0 radical (unpaired) electrons. The molecule has 101 heavy (non-hydrogen) atoms. The summed E-state index contributed by atoms with van der Waals surface area (Å²) in [6, 6.07) is 46.9. The molecule has 2 heterocycles. The largest absolute Gasteiger partial charge is 0.508 e. The standard InChI is InChI=1S/C33H44F5NO5.C31H29NO3.C14H21F5O2.CH4/c1-2-43-31(42)25(13-9-7-10-20-32(34,35)33(36,37)38)12-8-5-3-4-6-11-21-39-28-19-18-27(41)22-30(28)44-23-29(39)24-14-16-26(40)17-15-24;1-2-19-32-29-18-17-28(34-22-25-11-7-4-8-12-25)20-31(29)35-23-30(32)26-13-15-27(16-14-26)33-21-24-9-5-3-6-10-24;1-3-8-11(12(20)21-4-2)9-6-5-7-10-13(15,16)14(17,18)19;/h14-19,22,25,29,40-41H,2-13,20-21,23H2,1H3;2-18,20,30H,1,19,21-23H2;3,11H,1,4-10H2,2H3;1H4/t25?,29-;30-;;/m00../s1. The van der Waals surface area contributed by atoms with E-state index in [9.17, 15) is 63.7 Å². The number of nitrogens with zero attached hydrogens (tertiary/aromatic N) is 2. The number of alkyl halides is 10. The average molecular weight is 1430 g/mol. The Morgan fingerprint density at radius 2 is 0.921 bits per heavy atom. The molecule has 22 heteroatoms. The molecule has 6 aromatic rings. The second-order valence-electron chi connectivity index (χ2n) is 24.7. The van der Waals surface area contributed by atoms with Gasteiger partial charge in [-0.15, -0.1) is 13.2 Å². The van der Waals surface area contributed by atoms with Gasteiger partial charge >= 0.3 is 36.1 Å². The number of carbonyl (C=O) groups excluding carboxylic acids is 2. The van der Waals surface area contributed by atoms with E-state index in [0.717, 1.165) is 96.9 Å². The summed E-state index contributed by atoms with van der Waals surface area (Å²) in [5.74, 6) is -7.39. The lowest BCUT2D eigenvalue weighted by Crippen LogP contribution is -2.37. The maximum Gasteiger partial charge on any atom is 0.453 e. The molecule has 4 atom stereocenters. The van der Waals surface area contributed by atoms with Crippen molar-refractivity contribution in [2.45, 2.75) is 186 Å². The molecule has 6 aromatic carbocycles. The molecule has 2 aliphatic rings. The number of esters is 2. The third-order valence-electron chi connectivity index (χ3n) is 17.2. The fourth-order valence-corrected chi connectivity index (χ4v) is 11.7. The van der Waals surface area contributed by atoms with Gasteiger partial charge in [0.05, 0.1) is 48.5 Å². The van der Waals surface area contributed by atoms with Crippen molar-refractivity contribution in [1.29, 1.82) is 0 Å². The van der Waals surface area contributed by atoms with Crippen molar-refractivity contribution in [3.8, 4) is 34.5 Å². The molecule has 0 spiro atoms. The second kappa shape index (κ2) is 42.0. The van der Waals surface area contributed by atoms with E-state index in [-0.39, 0.29) is 81.8 Å². The molecule has 2 N–H and O–H groups in total. The lowest BCUT2D eigenvalue weighted by atomic mass is 9.94. The van der Waals surface area contributed by atoms with E-state index < -0.39 is 48.9 Å². The number of fused-ring (bicyclic) bond motifs is 2. The van der Waals surface area contributed by atoms with Gasteiger partial charge in [0.2, 0.25) is 0 Å². The fourth-order valence-electron chi connectivity index (χ4n) is 11.7. The van der Waals surface area contributed by atoms with E-state index in [4.69, 9.17) is 28.4 Å². The zero-order valence-electron chi connectivity index (χ0n) is 57.0.